The third kappa shape index (κ3) is 2.84. The summed E-state index contributed by atoms with van der Waals surface area (Å²) >= 11 is 0. The molecule has 0 aromatic heterocycles. The Morgan fingerprint density at radius 3 is 2.65 bits per heavy atom. The van der Waals surface area contributed by atoms with Gasteiger partial charge in [-0.25, -0.2) is 0 Å². The number of aliphatic hydroxyl groups is 1. The van der Waals surface area contributed by atoms with Gasteiger partial charge in [-0.2, -0.15) is 0 Å². The van der Waals surface area contributed by atoms with Gasteiger partial charge in [0.25, 0.3) is 0 Å². The molecule has 0 fully saturated rings. The minimum absolute atomic E-state index is 0.0987. The van der Waals surface area contributed by atoms with Crippen LogP contribution in [-0.4, -0.2) is 10.2 Å². The number of aromatic hydroxyl groups is 1. The lowest BCUT2D eigenvalue weighted by atomic mass is 9.89. The zero-order chi connectivity index (χ0) is 16.2. The van der Waals surface area contributed by atoms with Gasteiger partial charge in [0, 0.05) is 11.1 Å². The molecule has 3 rings (SSSR count). The molecule has 0 amide bonds. The number of phenols is 1. The first-order chi connectivity index (χ1) is 11.2. The molecule has 2 aromatic rings. The zero-order valence-corrected chi connectivity index (χ0v) is 12.7. The van der Waals surface area contributed by atoms with Crippen molar-refractivity contribution in [1.29, 1.82) is 0 Å². The highest BCUT2D eigenvalue weighted by molar-refractivity contribution is 6.00. The van der Waals surface area contributed by atoms with Crippen LogP contribution in [0.15, 0.2) is 90.8 Å². The van der Waals surface area contributed by atoms with Crippen molar-refractivity contribution in [3.8, 4) is 5.75 Å². The molecule has 0 aliphatic heterocycles. The Kier molecular flexibility index (Phi) is 4.15. The molecule has 114 valence electrons. The number of benzene rings is 2. The van der Waals surface area contributed by atoms with E-state index in [1.165, 1.54) is 0 Å². The molecule has 0 unspecified atom stereocenters. The van der Waals surface area contributed by atoms with Gasteiger partial charge < -0.3 is 10.2 Å². The van der Waals surface area contributed by atoms with E-state index in [0.29, 0.717) is 17.6 Å². The van der Waals surface area contributed by atoms with Crippen LogP contribution in [0.25, 0.3) is 16.3 Å². The van der Waals surface area contributed by atoms with E-state index in [1.807, 2.05) is 54.6 Å². The van der Waals surface area contributed by atoms with Crippen molar-refractivity contribution >= 4 is 16.3 Å². The topological polar surface area (TPSA) is 40.5 Å². The monoisotopic (exact) mass is 302 g/mol. The first-order valence-corrected chi connectivity index (χ1v) is 7.52. The fourth-order valence-electron chi connectivity index (χ4n) is 2.87. The predicted octanol–water partition coefficient (Wildman–Crippen LogP) is 5.44. The highest BCUT2D eigenvalue weighted by Crippen LogP contribution is 2.39. The van der Waals surface area contributed by atoms with E-state index >= 15 is 0 Å². The maximum Gasteiger partial charge on any atom is 0.124 e. The molecular formula is C21H18O2. The maximum absolute atomic E-state index is 10.6. The van der Waals surface area contributed by atoms with Crippen molar-refractivity contribution in [3.05, 3.63) is 96.3 Å². The molecule has 1 aliphatic rings. The van der Waals surface area contributed by atoms with Crippen LogP contribution in [0.3, 0.4) is 0 Å². The van der Waals surface area contributed by atoms with E-state index in [9.17, 15) is 10.2 Å². The first kappa shape index (κ1) is 14.9. The number of phenolic OH excluding ortho intramolecular Hbond substituents is 1. The number of rotatable bonds is 3. The van der Waals surface area contributed by atoms with E-state index in [1.54, 1.807) is 18.2 Å². The lowest BCUT2D eigenvalue weighted by Crippen LogP contribution is -1.97. The normalized spacial score (nSPS) is 16.6. The molecule has 2 heteroatoms. The van der Waals surface area contributed by atoms with Crippen molar-refractivity contribution < 1.29 is 10.2 Å². The minimum atomic E-state index is 0.0987. The first-order valence-electron chi connectivity index (χ1n) is 7.52. The molecule has 0 saturated heterocycles. The summed E-state index contributed by atoms with van der Waals surface area (Å²) in [6.07, 6.45) is 11.7. The van der Waals surface area contributed by atoms with Crippen LogP contribution in [0.1, 0.15) is 12.0 Å². The SMILES string of the molecule is C=C/C=C(O)\C(=C1\C=CC=CC1)c1c(O)ccc2ccccc12. The Hall–Kier alpha value is -3.00. The number of fused-ring (bicyclic) bond motifs is 1. The Morgan fingerprint density at radius 1 is 1.09 bits per heavy atom. The summed E-state index contributed by atoms with van der Waals surface area (Å²) in [5, 5.41) is 23.0. The molecule has 2 nitrogen and oxygen atoms in total. The largest absolute Gasteiger partial charge is 0.507 e. The Labute approximate surface area is 135 Å². The van der Waals surface area contributed by atoms with E-state index in [-0.39, 0.29) is 11.5 Å². The Morgan fingerprint density at radius 2 is 1.91 bits per heavy atom. The van der Waals surface area contributed by atoms with Gasteiger partial charge in [-0.3, -0.25) is 0 Å². The second-order valence-corrected chi connectivity index (χ2v) is 5.36. The van der Waals surface area contributed by atoms with E-state index in [0.717, 1.165) is 16.3 Å². The van der Waals surface area contributed by atoms with Gasteiger partial charge >= 0.3 is 0 Å². The van der Waals surface area contributed by atoms with Crippen LogP contribution in [0.2, 0.25) is 0 Å². The van der Waals surface area contributed by atoms with Crippen molar-refractivity contribution in [2.45, 2.75) is 6.42 Å². The second-order valence-electron chi connectivity index (χ2n) is 5.36. The van der Waals surface area contributed by atoms with Gasteiger partial charge in [0.05, 0.1) is 0 Å². The second kappa shape index (κ2) is 6.41. The lowest BCUT2D eigenvalue weighted by Gasteiger charge is -2.17. The predicted molar refractivity (Wildman–Crippen MR) is 96.3 cm³/mol. The van der Waals surface area contributed by atoms with Gasteiger partial charge in [0.1, 0.15) is 11.5 Å². The quantitative estimate of drug-likeness (QED) is 0.585. The van der Waals surface area contributed by atoms with Gasteiger partial charge in [-0.15, -0.1) is 0 Å². The lowest BCUT2D eigenvalue weighted by molar-refractivity contribution is 0.435. The zero-order valence-electron chi connectivity index (χ0n) is 12.7. The molecule has 0 bridgehead atoms. The third-order valence-electron chi connectivity index (χ3n) is 3.89. The van der Waals surface area contributed by atoms with Crippen LogP contribution in [0, 0.1) is 0 Å². The van der Waals surface area contributed by atoms with E-state index in [4.69, 9.17) is 0 Å². The van der Waals surface area contributed by atoms with Crippen molar-refractivity contribution in [3.63, 3.8) is 0 Å². The number of hydrogen-bond donors (Lipinski definition) is 2. The minimum Gasteiger partial charge on any atom is -0.507 e. The van der Waals surface area contributed by atoms with Crippen LogP contribution in [0.4, 0.5) is 0 Å². The Balaban J connectivity index is 2.37. The van der Waals surface area contributed by atoms with Crippen molar-refractivity contribution in [2.24, 2.45) is 0 Å². The summed E-state index contributed by atoms with van der Waals surface area (Å²) in [7, 11) is 0. The third-order valence-corrected chi connectivity index (χ3v) is 3.89. The summed E-state index contributed by atoms with van der Waals surface area (Å²) in [6.45, 7) is 3.65. The molecule has 1 aliphatic carbocycles. The van der Waals surface area contributed by atoms with E-state index in [2.05, 4.69) is 6.58 Å². The summed E-state index contributed by atoms with van der Waals surface area (Å²) in [5.74, 6) is 0.250. The van der Waals surface area contributed by atoms with Crippen LogP contribution >= 0.6 is 0 Å². The number of aliphatic hydroxyl groups excluding tert-OH is 1. The molecule has 0 atom stereocenters. The maximum atomic E-state index is 10.6. The molecule has 0 spiro atoms. The van der Waals surface area contributed by atoms with Crippen molar-refractivity contribution in [2.75, 3.05) is 0 Å². The highest BCUT2D eigenvalue weighted by Gasteiger charge is 2.18. The average Bonchev–Trinajstić information content (AvgIpc) is 2.58. The highest BCUT2D eigenvalue weighted by atomic mass is 16.3. The molecule has 0 heterocycles. The number of hydrogen-bond acceptors (Lipinski definition) is 2. The number of allylic oxidation sites excluding steroid dienone is 8. The van der Waals surface area contributed by atoms with Gasteiger partial charge in [-0.1, -0.05) is 67.3 Å². The smallest absolute Gasteiger partial charge is 0.124 e. The average molecular weight is 302 g/mol. The summed E-state index contributed by atoms with van der Waals surface area (Å²) in [6, 6.07) is 11.4. The van der Waals surface area contributed by atoms with Gasteiger partial charge in [0.15, 0.2) is 0 Å². The molecule has 0 radical (unpaired) electrons. The fourth-order valence-corrected chi connectivity index (χ4v) is 2.87. The van der Waals surface area contributed by atoms with Crippen LogP contribution < -0.4 is 0 Å². The molecule has 23 heavy (non-hydrogen) atoms. The molecule has 2 N–H and O–H groups in total. The summed E-state index contributed by atoms with van der Waals surface area (Å²) < 4.78 is 0. The molecular weight excluding hydrogens is 284 g/mol. The summed E-state index contributed by atoms with van der Waals surface area (Å²) in [4.78, 5) is 0. The Bertz CT molecular complexity index is 880. The van der Waals surface area contributed by atoms with Crippen LogP contribution in [0.5, 0.6) is 5.75 Å². The molecule has 0 saturated carbocycles. The standard InChI is InChI=1S/C21H18O2/c1-2-8-18(22)20(16-10-4-3-5-11-16)21-17-12-7-6-9-15(17)13-14-19(21)23/h2-10,12-14,22-23H,1,11H2/b18-8+,20-16+. The summed E-state index contributed by atoms with van der Waals surface area (Å²) in [5.41, 5.74) is 2.24. The van der Waals surface area contributed by atoms with Gasteiger partial charge in [0.2, 0.25) is 0 Å². The molecule has 2 aromatic carbocycles. The van der Waals surface area contributed by atoms with E-state index < -0.39 is 0 Å². The fraction of sp³-hybridized carbons (Fsp3) is 0.0476. The van der Waals surface area contributed by atoms with Crippen LogP contribution in [-0.2, 0) is 0 Å². The van der Waals surface area contributed by atoms with Crippen molar-refractivity contribution in [1.82, 2.24) is 0 Å². The van der Waals surface area contributed by atoms with Gasteiger partial charge in [-0.05, 0) is 34.9 Å².